The Hall–Kier alpha value is -1.50. The van der Waals surface area contributed by atoms with Crippen LogP contribution >= 0.6 is 11.6 Å². The van der Waals surface area contributed by atoms with Gasteiger partial charge < -0.3 is 14.8 Å². The first kappa shape index (κ1) is 14.8. The lowest BCUT2D eigenvalue weighted by atomic mass is 9.68. The largest absolute Gasteiger partial charge is 0.454 e. The molecule has 7 heteroatoms. The van der Waals surface area contributed by atoms with Gasteiger partial charge in [-0.25, -0.2) is 5.43 Å². The molecule has 4 atom stereocenters. The van der Waals surface area contributed by atoms with Gasteiger partial charge in [0.2, 0.25) is 12.7 Å². The number of rotatable bonds is 2. The number of halogens is 1. The molecule has 6 nitrogen and oxygen atoms in total. The summed E-state index contributed by atoms with van der Waals surface area (Å²) in [6.07, 6.45) is 4.19. The molecule has 3 fully saturated rings. The summed E-state index contributed by atoms with van der Waals surface area (Å²) in [7, 11) is 0. The predicted octanol–water partition coefficient (Wildman–Crippen LogP) is 1.89. The van der Waals surface area contributed by atoms with Crippen LogP contribution in [0.25, 0.3) is 0 Å². The Labute approximate surface area is 145 Å². The summed E-state index contributed by atoms with van der Waals surface area (Å²) < 4.78 is 10.9. The van der Waals surface area contributed by atoms with Crippen LogP contribution in [0.4, 0.5) is 0 Å². The van der Waals surface area contributed by atoms with Gasteiger partial charge in [0.15, 0.2) is 11.5 Å². The van der Waals surface area contributed by atoms with E-state index >= 15 is 0 Å². The Balaban J connectivity index is 1.53. The van der Waals surface area contributed by atoms with Crippen molar-refractivity contribution in [3.63, 3.8) is 0 Å². The number of piperidine rings is 1. The molecule has 0 bridgehead atoms. The van der Waals surface area contributed by atoms with Gasteiger partial charge in [-0.1, -0.05) is 18.0 Å². The predicted molar refractivity (Wildman–Crippen MR) is 87.8 cm³/mol. The standard InChI is InChI=1S/C17H20ClN3O3/c18-11-6-13-12(23-7-24-13)4-9(11)10-5-14(22)19-17-15(10)16(20-21-17)8-2-1-3-8/h4,6,8,10,15-17,20-21H,1-3,5,7H2,(H,19,22). The third kappa shape index (κ3) is 2.20. The van der Waals surface area contributed by atoms with Gasteiger partial charge >= 0.3 is 0 Å². The lowest BCUT2D eigenvalue weighted by Gasteiger charge is -2.41. The van der Waals surface area contributed by atoms with Gasteiger partial charge in [-0.3, -0.25) is 10.2 Å². The highest BCUT2D eigenvalue weighted by Gasteiger charge is 2.50. The molecule has 3 aliphatic heterocycles. The van der Waals surface area contributed by atoms with Gasteiger partial charge in [0.25, 0.3) is 0 Å². The molecule has 1 aliphatic carbocycles. The molecule has 24 heavy (non-hydrogen) atoms. The van der Waals surface area contributed by atoms with Crippen LogP contribution in [0.1, 0.15) is 37.2 Å². The van der Waals surface area contributed by atoms with E-state index in [9.17, 15) is 4.79 Å². The van der Waals surface area contributed by atoms with E-state index < -0.39 is 0 Å². The Morgan fingerprint density at radius 1 is 1.12 bits per heavy atom. The molecule has 0 spiro atoms. The number of hydrogen-bond donors (Lipinski definition) is 3. The number of nitrogens with one attached hydrogen (secondary N) is 3. The highest BCUT2D eigenvalue weighted by atomic mass is 35.5. The molecule has 4 aliphatic rings. The number of ether oxygens (including phenoxy) is 2. The van der Waals surface area contributed by atoms with Crippen LogP contribution in [0.5, 0.6) is 11.5 Å². The Bertz CT molecular complexity index is 694. The summed E-state index contributed by atoms with van der Waals surface area (Å²) in [5.41, 5.74) is 7.69. The maximum atomic E-state index is 12.2. The van der Waals surface area contributed by atoms with E-state index in [2.05, 4.69) is 16.2 Å². The van der Waals surface area contributed by atoms with Crippen LogP contribution in [0, 0.1) is 11.8 Å². The minimum Gasteiger partial charge on any atom is -0.454 e. The molecule has 0 aromatic heterocycles. The van der Waals surface area contributed by atoms with Crippen molar-refractivity contribution in [2.75, 3.05) is 6.79 Å². The van der Waals surface area contributed by atoms with E-state index in [4.69, 9.17) is 21.1 Å². The number of hydrazine groups is 1. The van der Waals surface area contributed by atoms with Crippen molar-refractivity contribution < 1.29 is 14.3 Å². The molecule has 3 N–H and O–H groups in total. The fourth-order valence-corrected chi connectivity index (χ4v) is 4.83. The zero-order valence-corrected chi connectivity index (χ0v) is 13.9. The SMILES string of the molecule is O=C1CC(c2cc3c(cc2Cl)OCO3)C2C(NNC2C2CCC2)N1. The molecule has 5 rings (SSSR count). The Morgan fingerprint density at radius 3 is 2.67 bits per heavy atom. The fourth-order valence-electron chi connectivity index (χ4n) is 4.53. The maximum absolute atomic E-state index is 12.2. The zero-order valence-electron chi connectivity index (χ0n) is 13.2. The molecular weight excluding hydrogens is 330 g/mol. The number of hydrogen-bond acceptors (Lipinski definition) is 5. The van der Waals surface area contributed by atoms with Gasteiger partial charge in [-0.2, -0.15) is 0 Å². The average Bonchev–Trinajstić information content (AvgIpc) is 3.11. The number of carbonyl (C=O) groups excluding carboxylic acids is 1. The van der Waals surface area contributed by atoms with Crippen molar-refractivity contribution in [1.82, 2.24) is 16.2 Å². The van der Waals surface area contributed by atoms with Gasteiger partial charge in [-0.05, 0) is 30.4 Å². The van der Waals surface area contributed by atoms with Crippen molar-refractivity contribution >= 4 is 17.5 Å². The molecule has 0 radical (unpaired) electrons. The quantitative estimate of drug-likeness (QED) is 0.760. The van der Waals surface area contributed by atoms with Gasteiger partial charge in [0, 0.05) is 35.4 Å². The second kappa shape index (κ2) is 5.51. The third-order valence-corrected chi connectivity index (χ3v) is 6.27. The summed E-state index contributed by atoms with van der Waals surface area (Å²) in [5, 5.41) is 3.72. The minimum atomic E-state index is -0.0525. The highest BCUT2D eigenvalue weighted by Crippen LogP contribution is 2.47. The van der Waals surface area contributed by atoms with Crippen molar-refractivity contribution in [3.05, 3.63) is 22.7 Å². The van der Waals surface area contributed by atoms with Crippen molar-refractivity contribution in [1.29, 1.82) is 0 Å². The van der Waals surface area contributed by atoms with E-state index in [-0.39, 0.29) is 30.7 Å². The number of amides is 1. The molecule has 1 saturated carbocycles. The normalized spacial score (nSPS) is 34.6. The number of fused-ring (bicyclic) bond motifs is 2. The average molecular weight is 350 g/mol. The Kier molecular flexibility index (Phi) is 3.40. The molecule has 2 saturated heterocycles. The van der Waals surface area contributed by atoms with E-state index in [1.807, 2.05) is 12.1 Å². The van der Waals surface area contributed by atoms with Gasteiger partial charge in [-0.15, -0.1) is 0 Å². The van der Waals surface area contributed by atoms with Crippen molar-refractivity contribution in [2.45, 2.75) is 43.8 Å². The molecular formula is C17H20ClN3O3. The van der Waals surface area contributed by atoms with Crippen LogP contribution in [0.2, 0.25) is 5.02 Å². The Morgan fingerprint density at radius 2 is 1.92 bits per heavy atom. The molecule has 128 valence electrons. The number of benzene rings is 1. The van der Waals surface area contributed by atoms with Crippen LogP contribution in [-0.2, 0) is 4.79 Å². The van der Waals surface area contributed by atoms with Crippen LogP contribution in [-0.4, -0.2) is 24.9 Å². The molecule has 1 aromatic carbocycles. The summed E-state index contributed by atoms with van der Waals surface area (Å²) in [4.78, 5) is 12.2. The minimum absolute atomic E-state index is 0.0525. The smallest absolute Gasteiger partial charge is 0.231 e. The van der Waals surface area contributed by atoms with E-state index in [0.29, 0.717) is 29.2 Å². The monoisotopic (exact) mass is 349 g/mol. The second-order valence-corrected chi connectivity index (χ2v) is 7.57. The van der Waals surface area contributed by atoms with Crippen LogP contribution in [0.3, 0.4) is 0 Å². The van der Waals surface area contributed by atoms with E-state index in [1.165, 1.54) is 19.3 Å². The lowest BCUT2D eigenvalue weighted by molar-refractivity contribution is -0.125. The molecule has 4 unspecified atom stereocenters. The first-order chi connectivity index (χ1) is 11.7. The van der Waals surface area contributed by atoms with E-state index in [0.717, 1.165) is 11.3 Å². The molecule has 3 heterocycles. The summed E-state index contributed by atoms with van der Waals surface area (Å²) in [6, 6.07) is 4.13. The summed E-state index contributed by atoms with van der Waals surface area (Å²) >= 11 is 6.55. The van der Waals surface area contributed by atoms with Gasteiger partial charge in [0.05, 0.1) is 6.17 Å². The zero-order chi connectivity index (χ0) is 16.3. The lowest BCUT2D eigenvalue weighted by Crippen LogP contribution is -2.53. The first-order valence-corrected chi connectivity index (χ1v) is 8.98. The first-order valence-electron chi connectivity index (χ1n) is 8.60. The van der Waals surface area contributed by atoms with Crippen molar-refractivity contribution in [3.8, 4) is 11.5 Å². The maximum Gasteiger partial charge on any atom is 0.231 e. The van der Waals surface area contributed by atoms with Crippen LogP contribution < -0.4 is 25.6 Å². The fraction of sp³-hybridized carbons (Fsp3) is 0.588. The van der Waals surface area contributed by atoms with E-state index in [1.54, 1.807) is 0 Å². The van der Waals surface area contributed by atoms with Crippen molar-refractivity contribution in [2.24, 2.45) is 11.8 Å². The van der Waals surface area contributed by atoms with Gasteiger partial charge in [0.1, 0.15) is 0 Å². The highest BCUT2D eigenvalue weighted by molar-refractivity contribution is 6.31. The summed E-state index contributed by atoms with van der Waals surface area (Å²) in [5.74, 6) is 2.47. The number of carbonyl (C=O) groups is 1. The van der Waals surface area contributed by atoms with Crippen LogP contribution in [0.15, 0.2) is 12.1 Å². The molecule has 1 amide bonds. The topological polar surface area (TPSA) is 71.6 Å². The summed E-state index contributed by atoms with van der Waals surface area (Å²) in [6.45, 7) is 0.222. The molecule has 1 aromatic rings. The third-order valence-electron chi connectivity index (χ3n) is 5.94. The second-order valence-electron chi connectivity index (χ2n) is 7.17.